The molecule has 4 nitrogen and oxygen atoms in total. The average molecular weight is 861 g/mol. The molecule has 0 aromatic heterocycles. The first-order valence-electron chi connectivity index (χ1n) is 21.3. The molecule has 0 aliphatic heterocycles. The summed E-state index contributed by atoms with van der Waals surface area (Å²) in [5.74, 6) is -0.880. The Morgan fingerprint density at radius 1 is 0.476 bits per heavy atom. The molecule has 0 heterocycles. The van der Waals surface area contributed by atoms with E-state index in [1.54, 1.807) is 13.0 Å². The molecule has 8 aromatic rings. The number of benzene rings is 8. The summed E-state index contributed by atoms with van der Waals surface area (Å²) < 4.78 is 11.1. The molecule has 6 heteroatoms. The lowest BCUT2D eigenvalue weighted by Crippen LogP contribution is -2.28. The van der Waals surface area contributed by atoms with E-state index in [9.17, 15) is 9.59 Å². The fourth-order valence-electron chi connectivity index (χ4n) is 8.05. The summed E-state index contributed by atoms with van der Waals surface area (Å²) in [7, 11) is -2.05. The zero-order valence-electron chi connectivity index (χ0n) is 36.1. The molecule has 0 amide bonds. The highest BCUT2D eigenvalue weighted by Crippen LogP contribution is 2.46. The third-order valence-corrected chi connectivity index (χ3v) is 16.0. The molecule has 0 aliphatic rings. The van der Waals surface area contributed by atoms with E-state index in [4.69, 9.17) is 9.47 Å². The Bertz CT molecular complexity index is 2850. The van der Waals surface area contributed by atoms with Crippen LogP contribution in [0.4, 0.5) is 0 Å². The van der Waals surface area contributed by atoms with Gasteiger partial charge in [0.05, 0.1) is 13.2 Å². The second-order valence-corrected chi connectivity index (χ2v) is 20.6. The molecule has 0 fully saturated rings. The van der Waals surface area contributed by atoms with Gasteiger partial charge in [0.2, 0.25) is 0 Å². The number of fused-ring (bicyclic) bond motifs is 2. The summed E-state index contributed by atoms with van der Waals surface area (Å²) in [6, 6.07) is 66.0. The number of hydrogen-bond donors (Lipinski definition) is 0. The summed E-state index contributed by atoms with van der Waals surface area (Å²) in [6.45, 7) is 8.00. The van der Waals surface area contributed by atoms with Gasteiger partial charge in [-0.2, -0.15) is 0 Å². The normalized spacial score (nSPS) is 11.9. The van der Waals surface area contributed by atoms with Gasteiger partial charge in [-0.15, -0.1) is 0 Å². The zero-order chi connectivity index (χ0) is 43.8. The highest BCUT2D eigenvalue weighted by Gasteiger charge is 2.29. The highest BCUT2D eigenvalue weighted by molar-refractivity contribution is 7.80. The van der Waals surface area contributed by atoms with Crippen molar-refractivity contribution >= 4 is 87.2 Å². The lowest BCUT2D eigenvalue weighted by atomic mass is 9.91. The number of ether oxygens (including phenoxy) is 2. The van der Waals surface area contributed by atoms with Gasteiger partial charge < -0.3 is 9.47 Å². The highest BCUT2D eigenvalue weighted by atomic mass is 31.1. The van der Waals surface area contributed by atoms with E-state index in [1.807, 2.05) is 19.9 Å². The maximum atomic E-state index is 13.3. The van der Waals surface area contributed by atoms with Gasteiger partial charge in [0.1, 0.15) is 0 Å². The molecule has 0 aliphatic carbocycles. The van der Waals surface area contributed by atoms with Crippen molar-refractivity contribution in [2.24, 2.45) is 5.41 Å². The Morgan fingerprint density at radius 3 is 1.35 bits per heavy atom. The second kappa shape index (κ2) is 19.7. The van der Waals surface area contributed by atoms with Crippen molar-refractivity contribution in [2.45, 2.75) is 27.7 Å². The predicted octanol–water partition coefficient (Wildman–Crippen LogP) is 11.2. The van der Waals surface area contributed by atoms with Crippen LogP contribution >= 0.6 is 15.8 Å². The van der Waals surface area contributed by atoms with Gasteiger partial charge >= 0.3 is 11.9 Å². The standard InChI is InChI=1S/C57H50O4P2/c1-5-20-53(58)60-39-57(3,4)40-61-54(59)38-33-42-22-19-32-50-48(42)35-37-52(63(45-27-14-8-15-28-45)46-29-16-9-17-30-46)56(50)55-49-31-18-21-41(2)47(49)34-36-51(55)62(43-23-10-6-11-24-43)44-25-12-7-13-26-44/h5-38H,39-40H2,1-4H3/b20-5+,38-33+. The molecule has 0 bridgehead atoms. The van der Waals surface area contributed by atoms with Crippen LogP contribution in [0.1, 0.15) is 31.9 Å². The fraction of sp³-hybridized carbons (Fsp3) is 0.123. The molecular formula is C57H50O4P2. The lowest BCUT2D eigenvalue weighted by Gasteiger charge is -2.29. The average Bonchev–Trinajstić information content (AvgIpc) is 3.31. The van der Waals surface area contributed by atoms with Crippen molar-refractivity contribution in [1.82, 2.24) is 0 Å². The quantitative estimate of drug-likeness (QED) is 0.0621. The number of esters is 2. The Labute approximate surface area is 373 Å². The van der Waals surface area contributed by atoms with Crippen molar-refractivity contribution in [3.05, 3.63) is 211 Å². The number of hydrogen-bond acceptors (Lipinski definition) is 4. The van der Waals surface area contributed by atoms with Crippen molar-refractivity contribution in [3.8, 4) is 11.1 Å². The van der Waals surface area contributed by atoms with Gasteiger partial charge in [0, 0.05) is 17.6 Å². The maximum Gasteiger partial charge on any atom is 0.330 e. The van der Waals surface area contributed by atoms with Crippen molar-refractivity contribution in [1.29, 1.82) is 0 Å². The van der Waals surface area contributed by atoms with E-state index < -0.39 is 33.2 Å². The van der Waals surface area contributed by atoms with Gasteiger partial charge in [-0.05, 0) is 111 Å². The Kier molecular flexibility index (Phi) is 13.5. The topological polar surface area (TPSA) is 52.6 Å². The number of carbonyl (C=O) groups excluding carboxylic acids is 2. The third kappa shape index (κ3) is 9.80. The molecule has 0 spiro atoms. The number of rotatable bonds is 14. The summed E-state index contributed by atoms with van der Waals surface area (Å²) in [5, 5.41) is 12.2. The Balaban J connectivity index is 1.36. The van der Waals surface area contributed by atoms with E-state index >= 15 is 0 Å². The zero-order valence-corrected chi connectivity index (χ0v) is 37.9. The smallest absolute Gasteiger partial charge is 0.330 e. The number of aryl methyl sites for hydroxylation is 1. The second-order valence-electron chi connectivity index (χ2n) is 16.3. The van der Waals surface area contributed by atoms with E-state index in [1.165, 1.54) is 71.4 Å². The van der Waals surface area contributed by atoms with Crippen LogP contribution in [-0.2, 0) is 19.1 Å². The van der Waals surface area contributed by atoms with Gasteiger partial charge in [-0.3, -0.25) is 0 Å². The minimum Gasteiger partial charge on any atom is -0.462 e. The van der Waals surface area contributed by atoms with Crippen LogP contribution < -0.4 is 31.8 Å². The minimum absolute atomic E-state index is 0.0972. The molecule has 0 unspecified atom stereocenters. The summed E-state index contributed by atoms with van der Waals surface area (Å²) in [5.41, 5.74) is 4.00. The first kappa shape index (κ1) is 43.2. The molecule has 0 N–H and O–H groups in total. The van der Waals surface area contributed by atoms with Crippen molar-refractivity contribution < 1.29 is 19.1 Å². The minimum atomic E-state index is -1.04. The van der Waals surface area contributed by atoms with Gasteiger partial charge in [0.25, 0.3) is 0 Å². The van der Waals surface area contributed by atoms with Gasteiger partial charge in [-0.1, -0.05) is 202 Å². The predicted molar refractivity (Wildman–Crippen MR) is 269 cm³/mol. The third-order valence-electron chi connectivity index (χ3n) is 11.0. The Morgan fingerprint density at radius 2 is 0.889 bits per heavy atom. The van der Waals surface area contributed by atoms with Crippen LogP contribution in [0.25, 0.3) is 38.7 Å². The van der Waals surface area contributed by atoms with E-state index in [2.05, 4.69) is 189 Å². The Hall–Kier alpha value is -6.44. The molecular weight excluding hydrogens is 811 g/mol. The molecule has 63 heavy (non-hydrogen) atoms. The van der Waals surface area contributed by atoms with Crippen LogP contribution in [0, 0.1) is 12.3 Å². The summed E-state index contributed by atoms with van der Waals surface area (Å²) >= 11 is 0. The molecule has 0 atom stereocenters. The molecule has 0 saturated heterocycles. The van der Waals surface area contributed by atoms with E-state index in [0.29, 0.717) is 0 Å². The van der Waals surface area contributed by atoms with Crippen molar-refractivity contribution in [2.75, 3.05) is 13.2 Å². The van der Waals surface area contributed by atoms with E-state index in [0.717, 1.165) is 16.3 Å². The van der Waals surface area contributed by atoms with Crippen LogP contribution in [0.3, 0.4) is 0 Å². The molecule has 8 aromatic carbocycles. The summed E-state index contributed by atoms with van der Waals surface area (Å²) in [6.07, 6.45) is 6.38. The number of allylic oxidation sites excluding steroid dienone is 1. The summed E-state index contributed by atoms with van der Waals surface area (Å²) in [4.78, 5) is 25.3. The molecule has 0 radical (unpaired) electrons. The monoisotopic (exact) mass is 860 g/mol. The first-order valence-corrected chi connectivity index (χ1v) is 23.9. The van der Waals surface area contributed by atoms with Crippen LogP contribution in [-0.4, -0.2) is 25.2 Å². The van der Waals surface area contributed by atoms with Gasteiger partial charge in [0.15, 0.2) is 0 Å². The first-order chi connectivity index (χ1) is 30.7. The maximum absolute atomic E-state index is 13.3. The fourth-order valence-corrected chi connectivity index (χ4v) is 13.0. The van der Waals surface area contributed by atoms with Crippen LogP contribution in [0.15, 0.2) is 200 Å². The van der Waals surface area contributed by atoms with E-state index in [-0.39, 0.29) is 13.2 Å². The van der Waals surface area contributed by atoms with Crippen molar-refractivity contribution in [3.63, 3.8) is 0 Å². The molecule has 312 valence electrons. The molecule has 8 rings (SSSR count). The van der Waals surface area contributed by atoms with Gasteiger partial charge in [-0.25, -0.2) is 9.59 Å². The largest absolute Gasteiger partial charge is 0.462 e. The lowest BCUT2D eigenvalue weighted by molar-refractivity contribution is -0.146. The number of carbonyl (C=O) groups is 2. The molecule has 0 saturated carbocycles. The van der Waals surface area contributed by atoms with Crippen LogP contribution in [0.2, 0.25) is 0 Å². The SMILES string of the molecule is C/C=C/C(=O)OCC(C)(C)COC(=O)/C=C/c1cccc2c(-c3c(P(c4ccccc4)c4ccccc4)ccc4c(C)cccc34)c(P(c3ccccc3)c3ccccc3)ccc12. The van der Waals surface area contributed by atoms with Crippen LogP contribution in [0.5, 0.6) is 0 Å².